The summed E-state index contributed by atoms with van der Waals surface area (Å²) in [5.74, 6) is 0. The lowest BCUT2D eigenvalue weighted by Crippen LogP contribution is -1.99. The van der Waals surface area contributed by atoms with Crippen molar-refractivity contribution in [2.45, 2.75) is 45.4 Å². The molecule has 2 bridgehead atoms. The fourth-order valence-electron chi connectivity index (χ4n) is 3.03. The zero-order chi connectivity index (χ0) is 10.3. The molecule has 0 fully saturated rings. The molecule has 3 aliphatic rings. The van der Waals surface area contributed by atoms with Gasteiger partial charge in [-0.25, -0.2) is 0 Å². The van der Waals surface area contributed by atoms with Gasteiger partial charge in [-0.3, -0.25) is 0 Å². The lowest BCUT2D eigenvalue weighted by molar-refractivity contribution is 0.765. The van der Waals surface area contributed by atoms with Crippen LogP contribution in [0.5, 0.6) is 0 Å². The van der Waals surface area contributed by atoms with E-state index in [1.54, 1.807) is 22.3 Å². The average molecular weight is 198 g/mol. The molecule has 3 rings (SSSR count). The summed E-state index contributed by atoms with van der Waals surface area (Å²) in [6, 6.07) is 0. The first-order chi connectivity index (χ1) is 7.34. The second-order valence-corrected chi connectivity index (χ2v) is 4.90. The van der Waals surface area contributed by atoms with E-state index in [1.165, 1.54) is 37.7 Å². The highest BCUT2D eigenvalue weighted by atomic mass is 14.3. The molecule has 0 aromatic heterocycles. The fraction of sp³-hybridized carbons (Fsp3) is 0.467. The summed E-state index contributed by atoms with van der Waals surface area (Å²) in [6.07, 6.45) is 14.9. The van der Waals surface area contributed by atoms with Crippen LogP contribution in [0, 0.1) is 0 Å². The molecule has 0 radical (unpaired) electrons. The van der Waals surface area contributed by atoms with Gasteiger partial charge in [-0.05, 0) is 62.2 Å². The van der Waals surface area contributed by atoms with Crippen molar-refractivity contribution in [1.29, 1.82) is 0 Å². The number of allylic oxidation sites excluding steroid dienone is 8. The van der Waals surface area contributed by atoms with Gasteiger partial charge in [0.05, 0.1) is 0 Å². The van der Waals surface area contributed by atoms with E-state index < -0.39 is 0 Å². The molecule has 3 aliphatic carbocycles. The molecule has 0 unspecified atom stereocenters. The molecule has 0 heteroatoms. The second-order valence-electron chi connectivity index (χ2n) is 4.90. The van der Waals surface area contributed by atoms with Crippen LogP contribution < -0.4 is 0 Å². The molecule has 0 N–H and O–H groups in total. The Labute approximate surface area is 92.1 Å². The Hall–Kier alpha value is -1.04. The maximum Gasteiger partial charge on any atom is -0.00240 e. The molecular formula is C15H18. The first-order valence-electron chi connectivity index (χ1n) is 6.11. The normalized spacial score (nSPS) is 24.2. The van der Waals surface area contributed by atoms with E-state index in [1.807, 2.05) is 0 Å². The molecule has 78 valence electrons. The summed E-state index contributed by atoms with van der Waals surface area (Å²) in [5.41, 5.74) is 8.18. The minimum atomic E-state index is 1.16. The van der Waals surface area contributed by atoms with Crippen LogP contribution in [0.1, 0.15) is 45.4 Å². The highest BCUT2D eigenvalue weighted by Crippen LogP contribution is 2.42. The maximum absolute atomic E-state index is 2.46. The molecule has 15 heavy (non-hydrogen) atoms. The van der Waals surface area contributed by atoms with Gasteiger partial charge in [0, 0.05) is 0 Å². The monoisotopic (exact) mass is 198 g/mol. The van der Waals surface area contributed by atoms with Crippen molar-refractivity contribution < 1.29 is 0 Å². The van der Waals surface area contributed by atoms with Crippen LogP contribution in [0.3, 0.4) is 0 Å². The molecule has 0 aromatic carbocycles. The third-order valence-corrected chi connectivity index (χ3v) is 4.00. The van der Waals surface area contributed by atoms with Crippen LogP contribution >= 0.6 is 0 Å². The van der Waals surface area contributed by atoms with Gasteiger partial charge in [-0.2, -0.15) is 0 Å². The standard InChI is InChI=1S/C15H18/c1-11-4-2-7-14(11)10-15-12-5-3-6-13(15)9-8-12/h4,7-8H,2-3,5-6,9-10H2,1H3. The summed E-state index contributed by atoms with van der Waals surface area (Å²) in [5, 5.41) is 0. The Kier molecular flexibility index (Phi) is 2.16. The van der Waals surface area contributed by atoms with E-state index in [0.29, 0.717) is 0 Å². The van der Waals surface area contributed by atoms with Crippen LogP contribution in [0.2, 0.25) is 0 Å². The predicted octanol–water partition coefficient (Wildman–Crippen LogP) is 4.46. The summed E-state index contributed by atoms with van der Waals surface area (Å²) >= 11 is 0. The summed E-state index contributed by atoms with van der Waals surface area (Å²) in [7, 11) is 0. The topological polar surface area (TPSA) is 0 Å². The van der Waals surface area contributed by atoms with Gasteiger partial charge < -0.3 is 0 Å². The number of fused-ring (bicyclic) bond motifs is 1. The number of hydrogen-bond donors (Lipinski definition) is 0. The lowest BCUT2D eigenvalue weighted by atomic mass is 9.87. The largest absolute Gasteiger partial charge is 0.0775 e. The summed E-state index contributed by atoms with van der Waals surface area (Å²) < 4.78 is 0. The molecule has 0 amide bonds. The Morgan fingerprint density at radius 1 is 1.13 bits per heavy atom. The first-order valence-corrected chi connectivity index (χ1v) is 6.11. The number of hydrogen-bond acceptors (Lipinski definition) is 0. The van der Waals surface area contributed by atoms with Crippen molar-refractivity contribution in [3.63, 3.8) is 0 Å². The average Bonchev–Trinajstić information content (AvgIpc) is 2.71. The third-order valence-electron chi connectivity index (χ3n) is 4.00. The predicted molar refractivity (Wildman–Crippen MR) is 64.7 cm³/mol. The first kappa shape index (κ1) is 9.21. The molecule has 0 aromatic rings. The molecule has 0 nitrogen and oxygen atoms in total. The summed E-state index contributed by atoms with van der Waals surface area (Å²) in [6.45, 7) is 2.25. The van der Waals surface area contributed by atoms with Gasteiger partial charge in [0.2, 0.25) is 0 Å². The van der Waals surface area contributed by atoms with Crippen LogP contribution in [-0.4, -0.2) is 0 Å². The van der Waals surface area contributed by atoms with Crippen LogP contribution in [0.25, 0.3) is 0 Å². The molecular weight excluding hydrogens is 180 g/mol. The Morgan fingerprint density at radius 3 is 2.80 bits per heavy atom. The second kappa shape index (κ2) is 3.52. The van der Waals surface area contributed by atoms with Gasteiger partial charge in [-0.1, -0.05) is 29.4 Å². The van der Waals surface area contributed by atoms with Gasteiger partial charge in [0.25, 0.3) is 0 Å². The van der Waals surface area contributed by atoms with E-state index in [0.717, 1.165) is 6.42 Å². The van der Waals surface area contributed by atoms with E-state index in [-0.39, 0.29) is 0 Å². The van der Waals surface area contributed by atoms with E-state index in [4.69, 9.17) is 0 Å². The molecule has 0 aliphatic heterocycles. The molecule has 0 heterocycles. The Morgan fingerprint density at radius 2 is 2.07 bits per heavy atom. The van der Waals surface area contributed by atoms with Gasteiger partial charge in [0.1, 0.15) is 0 Å². The highest BCUT2D eigenvalue weighted by Gasteiger charge is 2.22. The van der Waals surface area contributed by atoms with Crippen molar-refractivity contribution >= 4 is 0 Å². The molecule has 0 spiro atoms. The van der Waals surface area contributed by atoms with Crippen molar-refractivity contribution in [2.75, 3.05) is 0 Å². The van der Waals surface area contributed by atoms with Crippen LogP contribution in [0.4, 0.5) is 0 Å². The van der Waals surface area contributed by atoms with E-state index >= 15 is 0 Å². The van der Waals surface area contributed by atoms with E-state index in [9.17, 15) is 0 Å². The third kappa shape index (κ3) is 1.52. The van der Waals surface area contributed by atoms with Gasteiger partial charge in [-0.15, -0.1) is 0 Å². The van der Waals surface area contributed by atoms with Crippen LogP contribution in [-0.2, 0) is 0 Å². The molecule has 0 atom stereocenters. The highest BCUT2D eigenvalue weighted by molar-refractivity contribution is 5.50. The minimum absolute atomic E-state index is 1.16. The zero-order valence-electron chi connectivity index (χ0n) is 9.47. The van der Waals surface area contributed by atoms with Crippen molar-refractivity contribution in [3.8, 4) is 0 Å². The van der Waals surface area contributed by atoms with Crippen molar-refractivity contribution in [3.05, 3.63) is 46.1 Å². The van der Waals surface area contributed by atoms with Crippen molar-refractivity contribution in [2.24, 2.45) is 0 Å². The van der Waals surface area contributed by atoms with Gasteiger partial charge >= 0.3 is 0 Å². The van der Waals surface area contributed by atoms with Crippen molar-refractivity contribution in [1.82, 2.24) is 0 Å². The molecule has 0 saturated carbocycles. The Balaban J connectivity index is 1.85. The minimum Gasteiger partial charge on any atom is -0.0775 e. The summed E-state index contributed by atoms with van der Waals surface area (Å²) in [4.78, 5) is 0. The Bertz CT molecular complexity index is 413. The number of rotatable bonds is 2. The van der Waals surface area contributed by atoms with Crippen LogP contribution in [0.15, 0.2) is 46.1 Å². The van der Waals surface area contributed by atoms with E-state index in [2.05, 4.69) is 25.2 Å². The molecule has 0 saturated heterocycles. The fourth-order valence-corrected chi connectivity index (χ4v) is 3.03. The quantitative estimate of drug-likeness (QED) is 0.614. The zero-order valence-corrected chi connectivity index (χ0v) is 9.47. The SMILES string of the molecule is CC1=CCC=C1CC1=C2CC=C1CCC2. The smallest absolute Gasteiger partial charge is 0.00240 e. The van der Waals surface area contributed by atoms with Gasteiger partial charge in [0.15, 0.2) is 0 Å². The lowest BCUT2D eigenvalue weighted by Gasteiger charge is -2.18. The maximum atomic E-state index is 2.46.